The van der Waals surface area contributed by atoms with Crippen LogP contribution in [0.15, 0.2) is 89.7 Å². The van der Waals surface area contributed by atoms with Gasteiger partial charge in [-0.1, -0.05) is 36.4 Å². The minimum Gasteiger partial charge on any atom is -0.493 e. The lowest BCUT2D eigenvalue weighted by molar-refractivity contribution is 0.102. The van der Waals surface area contributed by atoms with Crippen molar-refractivity contribution in [2.24, 2.45) is 0 Å². The second-order valence-electron chi connectivity index (χ2n) is 9.67. The Morgan fingerprint density at radius 1 is 0.775 bits per heavy atom. The van der Waals surface area contributed by atoms with Crippen LogP contribution in [0, 0.1) is 0 Å². The SMILES string of the molecule is COc1ccc(CCNCCCc2ccc(NC(=O)c3cccc4c(=O)c5ccccc5[nH]c34)cc2)cc1OC. The van der Waals surface area contributed by atoms with Crippen molar-refractivity contribution in [3.05, 3.63) is 112 Å². The zero-order valence-corrected chi connectivity index (χ0v) is 22.8. The fourth-order valence-corrected chi connectivity index (χ4v) is 4.90. The highest BCUT2D eigenvalue weighted by Gasteiger charge is 2.14. The van der Waals surface area contributed by atoms with Gasteiger partial charge in [0.05, 0.1) is 25.3 Å². The fourth-order valence-electron chi connectivity index (χ4n) is 4.90. The van der Waals surface area contributed by atoms with E-state index >= 15 is 0 Å². The van der Waals surface area contributed by atoms with Gasteiger partial charge in [0.25, 0.3) is 5.91 Å². The maximum atomic E-state index is 13.1. The number of para-hydroxylation sites is 2. The monoisotopic (exact) mass is 535 g/mol. The summed E-state index contributed by atoms with van der Waals surface area (Å²) in [4.78, 5) is 29.4. The minimum absolute atomic E-state index is 0.0844. The summed E-state index contributed by atoms with van der Waals surface area (Å²) in [6, 6.07) is 26.5. The number of anilines is 1. The maximum absolute atomic E-state index is 13.1. The number of benzene rings is 4. The number of nitrogens with one attached hydrogen (secondary N) is 3. The van der Waals surface area contributed by atoms with Gasteiger partial charge in [0.1, 0.15) is 0 Å². The second kappa shape index (κ2) is 12.5. The van der Waals surface area contributed by atoms with Crippen LogP contribution in [0.2, 0.25) is 0 Å². The molecule has 1 amide bonds. The van der Waals surface area contributed by atoms with Gasteiger partial charge in [0, 0.05) is 22.0 Å². The number of aromatic nitrogens is 1. The molecule has 0 saturated heterocycles. The highest BCUT2D eigenvalue weighted by molar-refractivity contribution is 6.13. The molecule has 0 aliphatic heterocycles. The molecule has 0 spiro atoms. The number of amides is 1. The Morgan fingerprint density at radius 2 is 1.52 bits per heavy atom. The summed E-state index contributed by atoms with van der Waals surface area (Å²) in [5.41, 5.74) is 4.72. The van der Waals surface area contributed by atoms with Gasteiger partial charge < -0.3 is 25.1 Å². The number of aryl methyl sites for hydroxylation is 1. The second-order valence-corrected chi connectivity index (χ2v) is 9.67. The molecule has 40 heavy (non-hydrogen) atoms. The van der Waals surface area contributed by atoms with Crippen molar-refractivity contribution in [3.8, 4) is 11.5 Å². The van der Waals surface area contributed by atoms with Crippen LogP contribution in [0.1, 0.15) is 27.9 Å². The fraction of sp³-hybridized carbons (Fsp3) is 0.212. The number of rotatable bonds is 11. The third-order valence-corrected chi connectivity index (χ3v) is 7.05. The van der Waals surface area contributed by atoms with Crippen molar-refractivity contribution in [2.45, 2.75) is 19.3 Å². The van der Waals surface area contributed by atoms with Crippen molar-refractivity contribution >= 4 is 33.4 Å². The zero-order chi connectivity index (χ0) is 27.9. The topological polar surface area (TPSA) is 92.5 Å². The van der Waals surface area contributed by atoms with Crippen LogP contribution >= 0.6 is 0 Å². The summed E-state index contributed by atoms with van der Waals surface area (Å²) in [6.07, 6.45) is 2.86. The summed E-state index contributed by atoms with van der Waals surface area (Å²) in [6.45, 7) is 1.80. The molecule has 0 unspecified atom stereocenters. The van der Waals surface area contributed by atoms with Gasteiger partial charge in [-0.3, -0.25) is 9.59 Å². The van der Waals surface area contributed by atoms with Gasteiger partial charge in [-0.2, -0.15) is 0 Å². The maximum Gasteiger partial charge on any atom is 0.257 e. The van der Waals surface area contributed by atoms with E-state index < -0.39 is 0 Å². The number of pyridine rings is 1. The molecule has 5 rings (SSSR count). The van der Waals surface area contributed by atoms with Crippen molar-refractivity contribution in [2.75, 3.05) is 32.6 Å². The average Bonchev–Trinajstić information content (AvgIpc) is 2.99. The number of aromatic amines is 1. The molecule has 1 heterocycles. The van der Waals surface area contributed by atoms with Gasteiger partial charge >= 0.3 is 0 Å². The zero-order valence-electron chi connectivity index (χ0n) is 22.8. The van der Waals surface area contributed by atoms with Gasteiger partial charge in [-0.15, -0.1) is 0 Å². The van der Waals surface area contributed by atoms with Crippen LogP contribution in [0.4, 0.5) is 5.69 Å². The molecule has 0 aliphatic carbocycles. The molecule has 0 atom stereocenters. The van der Waals surface area contributed by atoms with Gasteiger partial charge in [0.15, 0.2) is 16.9 Å². The van der Waals surface area contributed by atoms with Crippen LogP contribution in [0.5, 0.6) is 11.5 Å². The highest BCUT2D eigenvalue weighted by Crippen LogP contribution is 2.27. The Balaban J connectivity index is 1.13. The summed E-state index contributed by atoms with van der Waals surface area (Å²) in [7, 11) is 3.29. The standard InChI is InChI=1S/C33H33N3O4/c1-39-29-17-14-23(21-30(29)40-2)18-20-34-19-6-7-22-12-15-24(16-13-22)35-33(38)27-10-5-9-26-31(27)36-28-11-4-3-8-25(28)32(26)37/h3-5,8-17,21,34H,6-7,18-20H2,1-2H3,(H,35,38)(H,36,37). The quantitative estimate of drug-likeness (QED) is 0.149. The predicted octanol–water partition coefficient (Wildman–Crippen LogP) is 5.72. The number of ether oxygens (including phenoxy) is 2. The molecule has 0 fully saturated rings. The van der Waals surface area contributed by atoms with E-state index in [4.69, 9.17) is 9.47 Å². The number of methoxy groups -OCH3 is 2. The largest absolute Gasteiger partial charge is 0.493 e. The van der Waals surface area contributed by atoms with E-state index in [2.05, 4.69) is 21.7 Å². The molecule has 0 aliphatic rings. The molecule has 7 heteroatoms. The van der Waals surface area contributed by atoms with Crippen molar-refractivity contribution in [3.63, 3.8) is 0 Å². The minimum atomic E-state index is -0.261. The molecule has 5 aromatic rings. The van der Waals surface area contributed by atoms with Gasteiger partial charge in [-0.25, -0.2) is 0 Å². The van der Waals surface area contributed by atoms with Crippen LogP contribution in [0.25, 0.3) is 21.8 Å². The molecule has 0 radical (unpaired) electrons. The Hall–Kier alpha value is -4.62. The first-order valence-corrected chi connectivity index (χ1v) is 13.4. The highest BCUT2D eigenvalue weighted by atomic mass is 16.5. The van der Waals surface area contributed by atoms with Crippen LogP contribution < -0.4 is 25.5 Å². The molecule has 0 saturated carbocycles. The lowest BCUT2D eigenvalue weighted by Gasteiger charge is -2.11. The van der Waals surface area contributed by atoms with Crippen LogP contribution in [-0.2, 0) is 12.8 Å². The lowest BCUT2D eigenvalue weighted by atomic mass is 10.1. The van der Waals surface area contributed by atoms with E-state index in [1.165, 1.54) is 11.1 Å². The predicted molar refractivity (Wildman–Crippen MR) is 161 cm³/mol. The Morgan fingerprint density at radius 3 is 2.33 bits per heavy atom. The molecule has 3 N–H and O–H groups in total. The van der Waals surface area contributed by atoms with Crippen LogP contribution in [-0.4, -0.2) is 38.2 Å². The third kappa shape index (κ3) is 6.00. The van der Waals surface area contributed by atoms with E-state index in [1.54, 1.807) is 38.5 Å². The first kappa shape index (κ1) is 27.0. The molecule has 4 aromatic carbocycles. The first-order chi connectivity index (χ1) is 19.6. The number of H-pyrrole nitrogens is 1. The number of fused-ring (bicyclic) bond motifs is 2. The van der Waals surface area contributed by atoms with Crippen molar-refractivity contribution < 1.29 is 14.3 Å². The van der Waals surface area contributed by atoms with E-state index in [0.29, 0.717) is 33.1 Å². The molecular weight excluding hydrogens is 502 g/mol. The summed E-state index contributed by atoms with van der Waals surface area (Å²) in [5, 5.41) is 7.58. The molecule has 204 valence electrons. The Kier molecular flexibility index (Phi) is 8.42. The smallest absolute Gasteiger partial charge is 0.257 e. The summed E-state index contributed by atoms with van der Waals surface area (Å²) in [5.74, 6) is 1.23. The van der Waals surface area contributed by atoms with E-state index in [9.17, 15) is 9.59 Å². The van der Waals surface area contributed by atoms with Crippen LogP contribution in [0.3, 0.4) is 0 Å². The number of carbonyl (C=O) groups excluding carboxylic acids is 1. The average molecular weight is 536 g/mol. The molecule has 1 aromatic heterocycles. The molecule has 0 bridgehead atoms. The number of hydrogen-bond donors (Lipinski definition) is 3. The molecule has 7 nitrogen and oxygen atoms in total. The van der Waals surface area contributed by atoms with Gasteiger partial charge in [-0.05, 0) is 92.0 Å². The van der Waals surface area contributed by atoms with E-state index in [0.717, 1.165) is 43.9 Å². The number of carbonyl (C=O) groups is 1. The van der Waals surface area contributed by atoms with E-state index in [-0.39, 0.29) is 11.3 Å². The molecular formula is C33H33N3O4. The Labute approximate surface area is 233 Å². The third-order valence-electron chi connectivity index (χ3n) is 7.05. The first-order valence-electron chi connectivity index (χ1n) is 13.4. The normalized spacial score (nSPS) is 11.1. The van der Waals surface area contributed by atoms with Gasteiger partial charge in [0.2, 0.25) is 0 Å². The number of hydrogen-bond acceptors (Lipinski definition) is 5. The Bertz CT molecular complexity index is 1690. The summed E-state index contributed by atoms with van der Waals surface area (Å²) >= 11 is 0. The van der Waals surface area contributed by atoms with E-state index in [1.807, 2.05) is 54.6 Å². The summed E-state index contributed by atoms with van der Waals surface area (Å²) < 4.78 is 10.7. The lowest BCUT2D eigenvalue weighted by Crippen LogP contribution is -2.19. The van der Waals surface area contributed by atoms with Crippen molar-refractivity contribution in [1.82, 2.24) is 10.3 Å². The van der Waals surface area contributed by atoms with Crippen molar-refractivity contribution in [1.29, 1.82) is 0 Å².